The van der Waals surface area contributed by atoms with Crippen LogP contribution in [-0.4, -0.2) is 99.4 Å². The van der Waals surface area contributed by atoms with E-state index in [0.717, 1.165) is 30.2 Å². The van der Waals surface area contributed by atoms with E-state index in [0.29, 0.717) is 49.2 Å². The number of alkyl halides is 2. The third-order valence-corrected chi connectivity index (χ3v) is 10.1. The SMILES string of the molecule is CC(C)(C)OC(=O)CN(Cc1cc(C(=O)O[C@@H](Cc2c(Cl)cncc2Cl)c2ccc(OC(F)F)c(OCC3CC3)c2)ccc1OCCN1CCOCC1)[SH](=O)=O. The number of carbonyl (C=O) groups is 2. The van der Waals surface area contributed by atoms with Crippen molar-refractivity contribution in [1.29, 1.82) is 0 Å². The van der Waals surface area contributed by atoms with Crippen LogP contribution in [0.25, 0.3) is 0 Å². The quantitative estimate of drug-likeness (QED) is 0.107. The highest BCUT2D eigenvalue weighted by atomic mass is 35.5. The van der Waals surface area contributed by atoms with Gasteiger partial charge in [-0.3, -0.25) is 14.7 Å². The average molecular weight is 845 g/mol. The number of halogens is 4. The van der Waals surface area contributed by atoms with E-state index in [9.17, 15) is 26.8 Å². The highest BCUT2D eigenvalue weighted by molar-refractivity contribution is 7.69. The lowest BCUT2D eigenvalue weighted by atomic mass is 10.0. The number of ether oxygens (including phenoxy) is 6. The largest absolute Gasteiger partial charge is 0.492 e. The number of thiol groups is 1. The van der Waals surface area contributed by atoms with Crippen LogP contribution < -0.4 is 14.2 Å². The second-order valence-corrected chi connectivity index (χ2v) is 16.1. The zero-order valence-corrected chi connectivity index (χ0v) is 33.6. The molecule has 0 N–H and O–H groups in total. The topological polar surface area (TPSA) is 143 Å². The number of benzene rings is 2. The monoisotopic (exact) mass is 843 g/mol. The molecule has 1 aliphatic carbocycles. The molecule has 18 heteroatoms. The molecule has 0 amide bonds. The molecule has 13 nitrogen and oxygen atoms in total. The van der Waals surface area contributed by atoms with E-state index in [1.807, 2.05) is 0 Å². The van der Waals surface area contributed by atoms with Crippen molar-refractivity contribution in [2.45, 2.75) is 64.9 Å². The van der Waals surface area contributed by atoms with Crippen LogP contribution in [0.4, 0.5) is 8.78 Å². The molecule has 1 aliphatic heterocycles. The molecule has 2 heterocycles. The Hall–Kier alpha value is -3.80. The zero-order chi connectivity index (χ0) is 40.4. The maximum Gasteiger partial charge on any atom is 0.387 e. The van der Waals surface area contributed by atoms with E-state index in [2.05, 4.69) is 9.88 Å². The van der Waals surface area contributed by atoms with Gasteiger partial charge < -0.3 is 28.4 Å². The van der Waals surface area contributed by atoms with Crippen molar-refractivity contribution in [1.82, 2.24) is 14.2 Å². The summed E-state index contributed by atoms with van der Waals surface area (Å²) in [6.45, 7) is 4.75. The second kappa shape index (κ2) is 20.1. The molecule has 2 fully saturated rings. The number of carbonyl (C=O) groups excluding carboxylic acids is 2. The second-order valence-electron chi connectivity index (χ2n) is 14.3. The maximum atomic E-state index is 14.0. The molecular weight excluding hydrogens is 799 g/mol. The van der Waals surface area contributed by atoms with Crippen LogP contribution in [0.5, 0.6) is 17.2 Å². The average Bonchev–Trinajstić information content (AvgIpc) is 3.96. The minimum atomic E-state index is -3.28. The highest BCUT2D eigenvalue weighted by Gasteiger charge is 2.28. The predicted molar refractivity (Wildman–Crippen MR) is 203 cm³/mol. The Kier molecular flexibility index (Phi) is 15.5. The van der Waals surface area contributed by atoms with E-state index in [-0.39, 0.29) is 52.2 Å². The first kappa shape index (κ1) is 43.3. The normalized spacial score (nSPS) is 15.5. The Morgan fingerprint density at radius 3 is 2.34 bits per heavy atom. The van der Waals surface area contributed by atoms with Gasteiger partial charge in [0.1, 0.15) is 30.6 Å². The zero-order valence-electron chi connectivity index (χ0n) is 31.2. The summed E-state index contributed by atoms with van der Waals surface area (Å²) in [5.41, 5.74) is 0.237. The molecule has 5 rings (SSSR count). The van der Waals surface area contributed by atoms with Gasteiger partial charge in [-0.2, -0.15) is 13.1 Å². The number of esters is 2. The third kappa shape index (κ3) is 13.4. The smallest absolute Gasteiger partial charge is 0.387 e. The van der Waals surface area contributed by atoms with Gasteiger partial charge in [0.2, 0.25) is 10.9 Å². The van der Waals surface area contributed by atoms with Crippen LogP contribution >= 0.6 is 23.2 Å². The Balaban J connectivity index is 1.45. The van der Waals surface area contributed by atoms with Crippen molar-refractivity contribution in [3.8, 4) is 17.2 Å². The Morgan fingerprint density at radius 2 is 1.70 bits per heavy atom. The van der Waals surface area contributed by atoms with Crippen molar-refractivity contribution in [2.75, 3.05) is 52.6 Å². The van der Waals surface area contributed by atoms with Gasteiger partial charge in [-0.15, -0.1) is 0 Å². The fourth-order valence-corrected chi connectivity index (χ4v) is 6.76. The summed E-state index contributed by atoms with van der Waals surface area (Å²) in [4.78, 5) is 32.9. The molecule has 1 aromatic heterocycles. The van der Waals surface area contributed by atoms with Crippen molar-refractivity contribution in [2.24, 2.45) is 5.92 Å². The molecule has 306 valence electrons. The van der Waals surface area contributed by atoms with Gasteiger partial charge in [-0.1, -0.05) is 29.3 Å². The van der Waals surface area contributed by atoms with Crippen LogP contribution in [0.2, 0.25) is 10.0 Å². The molecule has 2 aromatic carbocycles. The summed E-state index contributed by atoms with van der Waals surface area (Å²) in [5.74, 6) is -1.14. The van der Waals surface area contributed by atoms with Crippen LogP contribution in [0, 0.1) is 5.92 Å². The number of hydrogen-bond acceptors (Lipinski definition) is 12. The molecule has 2 aliphatic rings. The number of aromatic nitrogens is 1. The first-order valence-corrected chi connectivity index (χ1v) is 19.9. The minimum absolute atomic E-state index is 0.0265. The Labute approximate surface area is 336 Å². The summed E-state index contributed by atoms with van der Waals surface area (Å²) in [7, 11) is -3.28. The molecule has 1 saturated carbocycles. The number of hydrogen-bond donors (Lipinski definition) is 1. The standard InChI is InChI=1S/C38H45Cl2F2N3O10S/c1-38(2,3)55-35(46)22-45(56(48)49)21-27-16-26(7-8-31(27)51-15-12-44-10-13-50-14-11-44)36(47)53-33(18-28-29(39)19-43-20-30(28)40)25-6-9-32(54-37(41)42)34(17-25)52-23-24-4-5-24/h6-9,16-17,19-20,24,33,37,56H,4-5,10-15,18,21-23H2,1-3H3/t33-/m0/s1. The van der Waals surface area contributed by atoms with Gasteiger partial charge in [0.05, 0.1) is 35.4 Å². The summed E-state index contributed by atoms with van der Waals surface area (Å²) in [5, 5.41) is 0.415. The molecule has 1 saturated heterocycles. The molecule has 0 bridgehead atoms. The first-order chi connectivity index (χ1) is 26.6. The lowest BCUT2D eigenvalue weighted by molar-refractivity contribution is -0.155. The van der Waals surface area contributed by atoms with Crippen LogP contribution in [-0.2, 0) is 42.9 Å². The van der Waals surface area contributed by atoms with Gasteiger partial charge in [0.25, 0.3) is 0 Å². The molecule has 56 heavy (non-hydrogen) atoms. The van der Waals surface area contributed by atoms with E-state index in [4.69, 9.17) is 51.6 Å². The fraction of sp³-hybridized carbons (Fsp3) is 0.500. The van der Waals surface area contributed by atoms with Gasteiger partial charge >= 0.3 is 18.6 Å². The summed E-state index contributed by atoms with van der Waals surface area (Å²) in [6, 6.07) is 8.68. The lowest BCUT2D eigenvalue weighted by Crippen LogP contribution is -2.38. The van der Waals surface area contributed by atoms with E-state index in [1.54, 1.807) is 20.8 Å². The van der Waals surface area contributed by atoms with Gasteiger partial charge in [-0.05, 0) is 81.0 Å². The Morgan fingerprint density at radius 1 is 1.00 bits per heavy atom. The molecule has 0 unspecified atom stereocenters. The summed E-state index contributed by atoms with van der Waals surface area (Å²) < 4.78 is 85.9. The van der Waals surface area contributed by atoms with E-state index >= 15 is 0 Å². The van der Waals surface area contributed by atoms with Crippen molar-refractivity contribution < 1.29 is 55.2 Å². The summed E-state index contributed by atoms with van der Waals surface area (Å²) in [6.07, 6.45) is 3.55. The molecule has 3 aromatic rings. The van der Waals surface area contributed by atoms with Gasteiger partial charge in [0.15, 0.2) is 11.5 Å². The fourth-order valence-electron chi connectivity index (χ4n) is 5.74. The lowest BCUT2D eigenvalue weighted by Gasteiger charge is -2.26. The highest BCUT2D eigenvalue weighted by Crippen LogP contribution is 2.38. The Bertz CT molecular complexity index is 1880. The van der Waals surface area contributed by atoms with Crippen LogP contribution in [0.15, 0.2) is 48.8 Å². The molecular formula is C38H45Cl2F2N3O10S. The van der Waals surface area contributed by atoms with Crippen molar-refractivity contribution >= 4 is 46.0 Å². The number of rotatable bonds is 19. The minimum Gasteiger partial charge on any atom is -0.492 e. The van der Waals surface area contributed by atoms with Crippen molar-refractivity contribution in [3.63, 3.8) is 0 Å². The number of nitrogens with zero attached hydrogens (tertiary/aromatic N) is 3. The van der Waals surface area contributed by atoms with Crippen LogP contribution in [0.3, 0.4) is 0 Å². The molecule has 0 spiro atoms. The predicted octanol–water partition coefficient (Wildman–Crippen LogP) is 6.30. The summed E-state index contributed by atoms with van der Waals surface area (Å²) >= 11 is 12.9. The molecule has 1 atom stereocenters. The van der Waals surface area contributed by atoms with E-state index in [1.165, 1.54) is 48.8 Å². The number of morpholine rings is 1. The van der Waals surface area contributed by atoms with Gasteiger partial charge in [-0.25, -0.2) is 13.2 Å². The number of pyridine rings is 1. The molecule has 0 radical (unpaired) electrons. The maximum absolute atomic E-state index is 14.0. The van der Waals surface area contributed by atoms with Crippen molar-refractivity contribution in [3.05, 3.63) is 81.1 Å². The van der Waals surface area contributed by atoms with Crippen LogP contribution in [0.1, 0.15) is 66.8 Å². The first-order valence-electron chi connectivity index (χ1n) is 18.0. The van der Waals surface area contributed by atoms with Gasteiger partial charge in [0, 0.05) is 50.6 Å². The van der Waals surface area contributed by atoms with E-state index < -0.39 is 47.7 Å². The third-order valence-electron chi connectivity index (χ3n) is 8.70.